The Bertz CT molecular complexity index is 470. The number of H-pyrrole nitrogens is 1. The average Bonchev–Trinajstić information content (AvgIpc) is 2.94. The van der Waals surface area contributed by atoms with Gasteiger partial charge < -0.3 is 10.2 Å². The summed E-state index contributed by atoms with van der Waals surface area (Å²) in [5.41, 5.74) is 0. The molecule has 1 saturated carbocycles. The van der Waals surface area contributed by atoms with Gasteiger partial charge in [0.15, 0.2) is 5.82 Å². The van der Waals surface area contributed by atoms with E-state index in [-0.39, 0.29) is 30.3 Å². The number of aromatic amines is 1. The fourth-order valence-electron chi connectivity index (χ4n) is 2.41. The molecule has 1 aromatic heterocycles. The average molecular weight is 264 g/mol. The van der Waals surface area contributed by atoms with E-state index in [1.54, 1.807) is 4.90 Å². The Hall–Kier alpha value is -1.99. The highest BCUT2D eigenvalue weighted by molar-refractivity contribution is 5.89. The van der Waals surface area contributed by atoms with Crippen LogP contribution in [0.4, 0.5) is 0 Å². The van der Waals surface area contributed by atoms with Crippen LogP contribution in [0.15, 0.2) is 0 Å². The van der Waals surface area contributed by atoms with Gasteiger partial charge in [-0.15, -0.1) is 10.2 Å². The molecule has 1 aliphatic heterocycles. The number of nitrogens with zero attached hydrogens (tertiary/aromatic N) is 4. The maximum Gasteiger partial charge on any atom is 0.243 e. The SMILES string of the molecule is O=C(NCc1nn[nH]n1)C1CCCN1C(=O)C1CC1. The Balaban J connectivity index is 1.57. The van der Waals surface area contributed by atoms with Gasteiger partial charge in [-0.2, -0.15) is 5.21 Å². The maximum atomic E-state index is 12.1. The minimum atomic E-state index is -0.333. The lowest BCUT2D eigenvalue weighted by molar-refractivity contribution is -0.139. The van der Waals surface area contributed by atoms with Crippen LogP contribution in [-0.2, 0) is 16.1 Å². The molecular formula is C11H16N6O2. The molecule has 1 saturated heterocycles. The minimum Gasteiger partial charge on any atom is -0.347 e. The van der Waals surface area contributed by atoms with Gasteiger partial charge in [-0.25, -0.2) is 0 Å². The van der Waals surface area contributed by atoms with E-state index in [2.05, 4.69) is 25.9 Å². The van der Waals surface area contributed by atoms with Crippen LogP contribution in [0.3, 0.4) is 0 Å². The third-order valence-corrected chi connectivity index (χ3v) is 3.58. The Morgan fingerprint density at radius 3 is 2.89 bits per heavy atom. The van der Waals surface area contributed by atoms with Crippen molar-refractivity contribution in [3.05, 3.63) is 5.82 Å². The summed E-state index contributed by atoms with van der Waals surface area (Å²) < 4.78 is 0. The third-order valence-electron chi connectivity index (χ3n) is 3.58. The zero-order chi connectivity index (χ0) is 13.2. The highest BCUT2D eigenvalue weighted by atomic mass is 16.2. The van der Waals surface area contributed by atoms with Crippen LogP contribution in [-0.4, -0.2) is 49.9 Å². The van der Waals surface area contributed by atoms with Crippen LogP contribution in [0.1, 0.15) is 31.5 Å². The molecule has 0 radical (unpaired) electrons. The number of aromatic nitrogens is 4. The van der Waals surface area contributed by atoms with Gasteiger partial charge >= 0.3 is 0 Å². The van der Waals surface area contributed by atoms with Gasteiger partial charge in [-0.3, -0.25) is 9.59 Å². The normalized spacial score (nSPS) is 22.5. The predicted octanol–water partition coefficient (Wildman–Crippen LogP) is -0.783. The summed E-state index contributed by atoms with van der Waals surface area (Å²) in [5, 5.41) is 16.0. The summed E-state index contributed by atoms with van der Waals surface area (Å²) in [6.45, 7) is 0.924. The molecule has 102 valence electrons. The van der Waals surface area contributed by atoms with E-state index >= 15 is 0 Å². The molecule has 1 aliphatic carbocycles. The lowest BCUT2D eigenvalue weighted by Crippen LogP contribution is -2.46. The third kappa shape index (κ3) is 2.56. The van der Waals surface area contributed by atoms with Crippen LogP contribution in [0.25, 0.3) is 0 Å². The van der Waals surface area contributed by atoms with Gasteiger partial charge in [0.05, 0.1) is 6.54 Å². The largest absolute Gasteiger partial charge is 0.347 e. The molecule has 8 nitrogen and oxygen atoms in total. The molecule has 19 heavy (non-hydrogen) atoms. The molecule has 2 amide bonds. The Labute approximate surface area is 109 Å². The lowest BCUT2D eigenvalue weighted by atomic mass is 10.2. The zero-order valence-electron chi connectivity index (χ0n) is 10.5. The zero-order valence-corrected chi connectivity index (χ0v) is 10.5. The van der Waals surface area contributed by atoms with Crippen molar-refractivity contribution in [2.75, 3.05) is 6.54 Å². The number of hydrogen-bond acceptors (Lipinski definition) is 5. The molecule has 0 aromatic carbocycles. The predicted molar refractivity (Wildman–Crippen MR) is 63.5 cm³/mol. The van der Waals surface area contributed by atoms with Crippen molar-refractivity contribution in [3.8, 4) is 0 Å². The smallest absolute Gasteiger partial charge is 0.243 e. The molecule has 0 spiro atoms. The second-order valence-corrected chi connectivity index (χ2v) is 5.01. The number of rotatable bonds is 4. The van der Waals surface area contributed by atoms with E-state index < -0.39 is 0 Å². The van der Waals surface area contributed by atoms with Crippen molar-refractivity contribution < 1.29 is 9.59 Å². The van der Waals surface area contributed by atoms with Gasteiger partial charge in [0, 0.05) is 12.5 Å². The number of hydrogen-bond donors (Lipinski definition) is 2. The first-order chi connectivity index (χ1) is 9.25. The molecule has 1 unspecified atom stereocenters. The molecule has 2 heterocycles. The van der Waals surface area contributed by atoms with E-state index in [9.17, 15) is 9.59 Å². The van der Waals surface area contributed by atoms with Crippen molar-refractivity contribution in [2.45, 2.75) is 38.3 Å². The summed E-state index contributed by atoms with van der Waals surface area (Å²) in [7, 11) is 0. The highest BCUT2D eigenvalue weighted by Crippen LogP contribution is 2.33. The van der Waals surface area contributed by atoms with Crippen molar-refractivity contribution in [2.24, 2.45) is 5.92 Å². The van der Waals surface area contributed by atoms with E-state index in [0.717, 1.165) is 25.7 Å². The maximum absolute atomic E-state index is 12.1. The second kappa shape index (κ2) is 4.94. The highest BCUT2D eigenvalue weighted by Gasteiger charge is 2.40. The Kier molecular flexibility index (Phi) is 3.14. The number of carbonyl (C=O) groups is 2. The molecule has 0 bridgehead atoms. The summed E-state index contributed by atoms with van der Waals surface area (Å²) in [5.74, 6) is 0.602. The van der Waals surface area contributed by atoms with Gasteiger partial charge in [0.1, 0.15) is 6.04 Å². The first kappa shape index (κ1) is 12.1. The Morgan fingerprint density at radius 2 is 2.21 bits per heavy atom. The number of carbonyl (C=O) groups excluding carboxylic acids is 2. The number of nitrogens with one attached hydrogen (secondary N) is 2. The summed E-state index contributed by atoms with van der Waals surface area (Å²) in [4.78, 5) is 25.9. The molecule has 8 heteroatoms. The topological polar surface area (TPSA) is 104 Å². The quantitative estimate of drug-likeness (QED) is 0.742. The van der Waals surface area contributed by atoms with Crippen LogP contribution < -0.4 is 5.32 Å². The van der Waals surface area contributed by atoms with Gasteiger partial charge in [0.25, 0.3) is 0 Å². The van der Waals surface area contributed by atoms with Crippen molar-refractivity contribution >= 4 is 11.8 Å². The van der Waals surface area contributed by atoms with E-state index in [0.29, 0.717) is 12.4 Å². The fourth-order valence-corrected chi connectivity index (χ4v) is 2.41. The molecular weight excluding hydrogens is 248 g/mol. The number of likely N-dealkylation sites (tertiary alicyclic amines) is 1. The Morgan fingerprint density at radius 1 is 1.37 bits per heavy atom. The van der Waals surface area contributed by atoms with Gasteiger partial charge in [-0.05, 0) is 25.7 Å². The minimum absolute atomic E-state index is 0.128. The van der Waals surface area contributed by atoms with E-state index in [1.807, 2.05) is 0 Å². The molecule has 1 atom stereocenters. The molecule has 2 aliphatic rings. The van der Waals surface area contributed by atoms with E-state index in [1.165, 1.54) is 0 Å². The summed E-state index contributed by atoms with van der Waals surface area (Å²) >= 11 is 0. The molecule has 1 aromatic rings. The summed E-state index contributed by atoms with van der Waals surface area (Å²) in [6.07, 6.45) is 3.55. The van der Waals surface area contributed by atoms with Crippen LogP contribution in [0.2, 0.25) is 0 Å². The monoisotopic (exact) mass is 264 g/mol. The number of tetrazole rings is 1. The van der Waals surface area contributed by atoms with Crippen LogP contribution >= 0.6 is 0 Å². The van der Waals surface area contributed by atoms with Crippen molar-refractivity contribution in [1.82, 2.24) is 30.8 Å². The molecule has 2 fully saturated rings. The van der Waals surface area contributed by atoms with Crippen LogP contribution in [0, 0.1) is 5.92 Å². The lowest BCUT2D eigenvalue weighted by Gasteiger charge is -2.23. The fraction of sp³-hybridized carbons (Fsp3) is 0.727. The molecule has 3 rings (SSSR count). The van der Waals surface area contributed by atoms with Crippen molar-refractivity contribution in [1.29, 1.82) is 0 Å². The van der Waals surface area contributed by atoms with Crippen molar-refractivity contribution in [3.63, 3.8) is 0 Å². The number of amides is 2. The van der Waals surface area contributed by atoms with Gasteiger partial charge in [0.2, 0.25) is 11.8 Å². The molecule has 2 N–H and O–H groups in total. The van der Waals surface area contributed by atoms with Crippen LogP contribution in [0.5, 0.6) is 0 Å². The van der Waals surface area contributed by atoms with Gasteiger partial charge in [-0.1, -0.05) is 5.21 Å². The standard InChI is InChI=1S/C11H16N6O2/c18-10(12-6-9-13-15-16-14-9)8-2-1-5-17(8)11(19)7-3-4-7/h7-8H,1-6H2,(H,12,18)(H,13,14,15,16). The summed E-state index contributed by atoms with van der Waals surface area (Å²) in [6, 6.07) is -0.333. The van der Waals surface area contributed by atoms with E-state index in [4.69, 9.17) is 0 Å². The second-order valence-electron chi connectivity index (χ2n) is 5.01. The first-order valence-electron chi connectivity index (χ1n) is 6.56. The first-order valence-corrected chi connectivity index (χ1v) is 6.56.